The molecule has 1 fully saturated rings. The van der Waals surface area contributed by atoms with Crippen LogP contribution in [0.25, 0.3) is 0 Å². The molecule has 1 aliphatic carbocycles. The van der Waals surface area contributed by atoms with Gasteiger partial charge in [0.15, 0.2) is 5.69 Å². The average Bonchev–Trinajstić information content (AvgIpc) is 3.12. The van der Waals surface area contributed by atoms with Crippen LogP contribution in [-0.2, 0) is 35.3 Å². The molecule has 1 aromatic heterocycles. The Morgan fingerprint density at radius 2 is 2.18 bits per heavy atom. The Hall–Kier alpha value is -1.61. The van der Waals surface area contributed by atoms with Crippen LogP contribution in [0.4, 0.5) is 13.2 Å². The van der Waals surface area contributed by atoms with Gasteiger partial charge in [0.2, 0.25) is 5.91 Å². The number of carbonyl (C=O) groups is 1. The van der Waals surface area contributed by atoms with E-state index in [1.165, 1.54) is 0 Å². The van der Waals surface area contributed by atoms with Gasteiger partial charge in [-0.05, 0) is 12.8 Å². The molecule has 3 rings (SSSR count). The van der Waals surface area contributed by atoms with E-state index in [1.807, 2.05) is 0 Å². The van der Waals surface area contributed by atoms with Gasteiger partial charge >= 0.3 is 6.18 Å². The number of halogens is 3. The van der Waals surface area contributed by atoms with Crippen molar-refractivity contribution in [1.82, 2.24) is 15.1 Å². The maximum absolute atomic E-state index is 13.0. The lowest BCUT2D eigenvalue weighted by molar-refractivity contribution is -0.143. The van der Waals surface area contributed by atoms with Crippen LogP contribution < -0.4 is 5.32 Å². The average molecular weight is 319 g/mol. The minimum atomic E-state index is -4.57. The highest BCUT2D eigenvalue weighted by molar-refractivity contribution is 5.77. The minimum absolute atomic E-state index is 0.00911. The second-order valence-electron chi connectivity index (χ2n) is 5.72. The lowest BCUT2D eigenvalue weighted by atomic mass is 10.1. The summed E-state index contributed by atoms with van der Waals surface area (Å²) in [5.74, 6) is -0.447. The van der Waals surface area contributed by atoms with E-state index in [0.29, 0.717) is 25.1 Å². The van der Waals surface area contributed by atoms with E-state index in [0.717, 1.165) is 4.68 Å². The van der Waals surface area contributed by atoms with Crippen LogP contribution in [0.3, 0.4) is 0 Å². The summed E-state index contributed by atoms with van der Waals surface area (Å²) in [5, 5.41) is 15.4. The number of nitrogens with zero attached hydrogens (tertiary/aromatic N) is 2. The summed E-state index contributed by atoms with van der Waals surface area (Å²) in [4.78, 5) is 12.0. The van der Waals surface area contributed by atoms with E-state index in [9.17, 15) is 23.1 Å². The van der Waals surface area contributed by atoms with Crippen LogP contribution in [0.2, 0.25) is 0 Å². The highest BCUT2D eigenvalue weighted by Crippen LogP contribution is 2.36. The zero-order valence-electron chi connectivity index (χ0n) is 11.7. The Kier molecular flexibility index (Phi) is 3.64. The van der Waals surface area contributed by atoms with Crippen molar-refractivity contribution in [2.45, 2.75) is 44.1 Å². The van der Waals surface area contributed by atoms with Crippen LogP contribution >= 0.6 is 0 Å². The van der Waals surface area contributed by atoms with Gasteiger partial charge in [-0.2, -0.15) is 18.3 Å². The van der Waals surface area contributed by atoms with E-state index in [4.69, 9.17) is 4.74 Å². The van der Waals surface area contributed by atoms with Crippen molar-refractivity contribution in [2.75, 3.05) is 13.2 Å². The maximum Gasteiger partial charge on any atom is 0.435 e. The standard InChI is InChI=1S/C13H16F3N3O3/c14-13(15,16)11-8-6-22-4-1-9(8)19(18-11)5-10(21)17-12(7-20)2-3-12/h20H,1-7H2,(H,17,21). The molecule has 1 saturated carbocycles. The fourth-order valence-corrected chi connectivity index (χ4v) is 2.61. The first-order valence-corrected chi connectivity index (χ1v) is 7.00. The summed E-state index contributed by atoms with van der Waals surface area (Å²) >= 11 is 0. The smallest absolute Gasteiger partial charge is 0.394 e. The van der Waals surface area contributed by atoms with E-state index < -0.39 is 23.3 Å². The summed E-state index contributed by atoms with van der Waals surface area (Å²) in [6.07, 6.45) is -2.94. The fourth-order valence-electron chi connectivity index (χ4n) is 2.61. The number of fused-ring (bicyclic) bond motifs is 1. The number of hydrogen-bond donors (Lipinski definition) is 2. The molecule has 1 aromatic rings. The molecule has 0 atom stereocenters. The Balaban J connectivity index is 1.81. The van der Waals surface area contributed by atoms with Crippen LogP contribution in [0.15, 0.2) is 0 Å². The number of aliphatic hydroxyl groups excluding tert-OH is 1. The molecule has 122 valence electrons. The van der Waals surface area contributed by atoms with Gasteiger partial charge in [0.05, 0.1) is 25.4 Å². The predicted molar refractivity (Wildman–Crippen MR) is 67.8 cm³/mol. The van der Waals surface area contributed by atoms with E-state index in [1.54, 1.807) is 0 Å². The molecule has 0 radical (unpaired) electrons. The maximum atomic E-state index is 13.0. The number of hydrogen-bond acceptors (Lipinski definition) is 4. The van der Waals surface area contributed by atoms with Crippen LogP contribution in [-0.4, -0.2) is 39.5 Å². The quantitative estimate of drug-likeness (QED) is 0.853. The first-order valence-electron chi connectivity index (χ1n) is 7.00. The van der Waals surface area contributed by atoms with Gasteiger partial charge in [0.25, 0.3) is 0 Å². The number of rotatable bonds is 4. The van der Waals surface area contributed by atoms with Crippen molar-refractivity contribution in [3.8, 4) is 0 Å². The molecule has 22 heavy (non-hydrogen) atoms. The second kappa shape index (κ2) is 5.24. The lowest BCUT2D eigenvalue weighted by Crippen LogP contribution is -2.41. The van der Waals surface area contributed by atoms with Crippen molar-refractivity contribution >= 4 is 5.91 Å². The molecule has 0 bridgehead atoms. The molecule has 2 N–H and O–H groups in total. The lowest BCUT2D eigenvalue weighted by Gasteiger charge is -2.17. The highest BCUT2D eigenvalue weighted by atomic mass is 19.4. The summed E-state index contributed by atoms with van der Waals surface area (Å²) in [5.41, 5.74) is -1.18. The Morgan fingerprint density at radius 3 is 2.77 bits per heavy atom. The van der Waals surface area contributed by atoms with Gasteiger partial charge in [-0.3, -0.25) is 9.48 Å². The number of nitrogens with one attached hydrogen (secondary N) is 1. The van der Waals surface area contributed by atoms with Crippen molar-refractivity contribution in [1.29, 1.82) is 0 Å². The molecule has 1 aliphatic heterocycles. The minimum Gasteiger partial charge on any atom is -0.394 e. The molecule has 2 heterocycles. The zero-order chi connectivity index (χ0) is 16.0. The molecule has 0 saturated heterocycles. The van der Waals surface area contributed by atoms with Gasteiger partial charge in [0, 0.05) is 17.7 Å². The number of ether oxygens (including phenoxy) is 1. The van der Waals surface area contributed by atoms with Crippen molar-refractivity contribution in [3.05, 3.63) is 17.0 Å². The van der Waals surface area contributed by atoms with E-state index >= 15 is 0 Å². The molecular formula is C13H16F3N3O3. The summed E-state index contributed by atoms with van der Waals surface area (Å²) in [6, 6.07) is 0. The SMILES string of the molecule is O=C(Cn1nc(C(F)(F)F)c2c1CCOC2)NC1(CO)CC1. The third kappa shape index (κ3) is 2.82. The zero-order valence-corrected chi connectivity index (χ0v) is 11.7. The normalized spacial score (nSPS) is 19.6. The van der Waals surface area contributed by atoms with Gasteiger partial charge in [-0.15, -0.1) is 0 Å². The number of carbonyl (C=O) groups excluding carboxylic acids is 1. The highest BCUT2D eigenvalue weighted by Gasteiger charge is 2.44. The number of alkyl halides is 3. The van der Waals surface area contributed by atoms with Crippen LogP contribution in [0.5, 0.6) is 0 Å². The largest absolute Gasteiger partial charge is 0.435 e. The monoisotopic (exact) mass is 319 g/mol. The van der Waals surface area contributed by atoms with Gasteiger partial charge < -0.3 is 15.2 Å². The third-order valence-electron chi connectivity index (χ3n) is 4.02. The molecule has 2 aliphatic rings. The summed E-state index contributed by atoms with van der Waals surface area (Å²) in [6.45, 7) is -0.303. The molecule has 9 heteroatoms. The predicted octanol–water partition coefficient (Wildman–Crippen LogP) is 0.616. The molecule has 0 unspecified atom stereocenters. The van der Waals surface area contributed by atoms with Gasteiger partial charge in [0.1, 0.15) is 6.54 Å². The summed E-state index contributed by atoms with van der Waals surface area (Å²) < 4.78 is 45.2. The van der Waals surface area contributed by atoms with Crippen molar-refractivity contribution in [3.63, 3.8) is 0 Å². The second-order valence-corrected chi connectivity index (χ2v) is 5.72. The first kappa shape index (κ1) is 15.3. The molecule has 0 spiro atoms. The van der Waals surface area contributed by atoms with Gasteiger partial charge in [-0.1, -0.05) is 0 Å². The number of aliphatic hydroxyl groups is 1. The topological polar surface area (TPSA) is 76.4 Å². The van der Waals surface area contributed by atoms with E-state index in [-0.39, 0.29) is 31.7 Å². The molecule has 0 aromatic carbocycles. The molecular weight excluding hydrogens is 303 g/mol. The Labute approximate surface area is 124 Å². The first-order chi connectivity index (χ1) is 10.3. The summed E-state index contributed by atoms with van der Waals surface area (Å²) in [7, 11) is 0. The van der Waals surface area contributed by atoms with Crippen LogP contribution in [0, 0.1) is 0 Å². The molecule has 1 amide bonds. The van der Waals surface area contributed by atoms with Crippen LogP contribution in [0.1, 0.15) is 29.8 Å². The van der Waals surface area contributed by atoms with Crippen molar-refractivity contribution < 1.29 is 27.8 Å². The number of aromatic nitrogens is 2. The Bertz CT molecular complexity index is 593. The third-order valence-corrected chi connectivity index (χ3v) is 4.02. The van der Waals surface area contributed by atoms with Crippen molar-refractivity contribution in [2.24, 2.45) is 0 Å². The van der Waals surface area contributed by atoms with Gasteiger partial charge in [-0.25, -0.2) is 0 Å². The fraction of sp³-hybridized carbons (Fsp3) is 0.692. The van der Waals surface area contributed by atoms with E-state index in [2.05, 4.69) is 10.4 Å². The Morgan fingerprint density at radius 1 is 1.45 bits per heavy atom. The molecule has 6 nitrogen and oxygen atoms in total. The number of amides is 1.